The van der Waals surface area contributed by atoms with Gasteiger partial charge in [-0.25, -0.2) is 0 Å². The van der Waals surface area contributed by atoms with E-state index in [9.17, 15) is 15.0 Å². The van der Waals surface area contributed by atoms with Gasteiger partial charge in [0.15, 0.2) is 0 Å². The molecule has 0 saturated heterocycles. The van der Waals surface area contributed by atoms with Crippen molar-refractivity contribution in [1.29, 1.82) is 0 Å². The molecule has 0 spiro atoms. The first kappa shape index (κ1) is 18.1. The molecule has 3 heterocycles. The predicted octanol–water partition coefficient (Wildman–Crippen LogP) is 5.40. The zero-order chi connectivity index (χ0) is 20.7. The number of aromatic hydroxyl groups is 2. The molecule has 30 heavy (non-hydrogen) atoms. The van der Waals surface area contributed by atoms with Crippen molar-refractivity contribution >= 4 is 21.6 Å². The Labute approximate surface area is 175 Å². The Morgan fingerprint density at radius 2 is 1.50 bits per heavy atom. The second-order valence-corrected chi connectivity index (χ2v) is 7.71. The number of hydrogen-bond donors (Lipinski definition) is 3. The lowest BCUT2D eigenvalue weighted by Gasteiger charge is -2.11. The third-order valence-corrected chi connectivity index (χ3v) is 5.99. The van der Waals surface area contributed by atoms with Crippen LogP contribution in [0.1, 0.15) is 0 Å². The third kappa shape index (κ3) is 2.86. The molecule has 0 aliphatic rings. The highest BCUT2D eigenvalue weighted by Crippen LogP contribution is 2.46. The van der Waals surface area contributed by atoms with Crippen molar-refractivity contribution < 1.29 is 10.2 Å². The van der Waals surface area contributed by atoms with Gasteiger partial charge in [0.25, 0.3) is 5.56 Å². The molecule has 6 heteroatoms. The fourth-order valence-electron chi connectivity index (χ4n) is 3.68. The lowest BCUT2D eigenvalue weighted by molar-refractivity contribution is 0.479. The van der Waals surface area contributed by atoms with Crippen LogP contribution in [-0.2, 0) is 0 Å². The van der Waals surface area contributed by atoms with E-state index in [4.69, 9.17) is 0 Å². The van der Waals surface area contributed by atoms with Crippen LogP contribution in [0.25, 0.3) is 43.6 Å². The number of pyridine rings is 2. The van der Waals surface area contributed by atoms with E-state index in [1.54, 1.807) is 30.6 Å². The van der Waals surface area contributed by atoms with Crippen molar-refractivity contribution in [1.82, 2.24) is 9.97 Å². The second kappa shape index (κ2) is 7.17. The Kier molecular flexibility index (Phi) is 4.34. The standard InChI is InChI=1S/C24H16N2O3S/c27-21-16(14-9-11-25-12-10-14)7-4-8-17(21)18-13-30-24-20(18)22(28)19(23(29)26-24)15-5-2-1-3-6-15/h1-13,27H,(H2,26,28,29). The van der Waals surface area contributed by atoms with Crippen LogP contribution in [0.3, 0.4) is 0 Å². The molecule has 0 aliphatic heterocycles. The minimum absolute atomic E-state index is 0.0927. The van der Waals surface area contributed by atoms with E-state index in [-0.39, 0.29) is 22.6 Å². The Balaban J connectivity index is 1.77. The summed E-state index contributed by atoms with van der Waals surface area (Å²) in [6, 6.07) is 18.2. The molecule has 0 radical (unpaired) electrons. The van der Waals surface area contributed by atoms with Crippen molar-refractivity contribution in [2.24, 2.45) is 0 Å². The van der Waals surface area contributed by atoms with Crippen molar-refractivity contribution in [3.63, 3.8) is 0 Å². The SMILES string of the molecule is O=c1[nH]c2scc(-c3cccc(-c4ccncc4)c3O)c2c(O)c1-c1ccccc1. The number of thiophene rings is 1. The van der Waals surface area contributed by atoms with Crippen LogP contribution < -0.4 is 5.56 Å². The topological polar surface area (TPSA) is 86.2 Å². The van der Waals surface area contributed by atoms with Gasteiger partial charge in [-0.15, -0.1) is 11.3 Å². The Bertz CT molecular complexity index is 1420. The van der Waals surface area contributed by atoms with Gasteiger partial charge in [-0.1, -0.05) is 48.5 Å². The molecule has 3 aromatic heterocycles. The molecule has 0 unspecified atom stereocenters. The fraction of sp³-hybridized carbons (Fsp3) is 0. The van der Waals surface area contributed by atoms with Gasteiger partial charge in [0.05, 0.1) is 10.9 Å². The Morgan fingerprint density at radius 3 is 2.27 bits per heavy atom. The fourth-order valence-corrected chi connectivity index (χ4v) is 4.64. The predicted molar refractivity (Wildman–Crippen MR) is 120 cm³/mol. The third-order valence-electron chi connectivity index (χ3n) is 5.10. The summed E-state index contributed by atoms with van der Waals surface area (Å²) in [5, 5.41) is 24.5. The van der Waals surface area contributed by atoms with E-state index in [1.807, 2.05) is 47.8 Å². The minimum atomic E-state index is -0.352. The molecule has 0 saturated carbocycles. The molecule has 5 rings (SSSR count). The van der Waals surface area contributed by atoms with Crippen LogP contribution in [0.15, 0.2) is 83.2 Å². The average Bonchev–Trinajstić information content (AvgIpc) is 3.19. The summed E-state index contributed by atoms with van der Waals surface area (Å²) in [5.41, 5.74) is 3.24. The Morgan fingerprint density at radius 1 is 0.767 bits per heavy atom. The zero-order valence-electron chi connectivity index (χ0n) is 15.7. The number of aromatic nitrogens is 2. The van der Waals surface area contributed by atoms with E-state index in [2.05, 4.69) is 9.97 Å². The van der Waals surface area contributed by atoms with Crippen LogP contribution in [0, 0.1) is 0 Å². The van der Waals surface area contributed by atoms with Crippen LogP contribution >= 0.6 is 11.3 Å². The van der Waals surface area contributed by atoms with Crippen LogP contribution in [0.2, 0.25) is 0 Å². The second-order valence-electron chi connectivity index (χ2n) is 6.83. The molecule has 0 amide bonds. The minimum Gasteiger partial charge on any atom is -0.507 e. The van der Waals surface area contributed by atoms with E-state index in [1.165, 1.54) is 11.3 Å². The van der Waals surface area contributed by atoms with Crippen molar-refractivity contribution in [3.8, 4) is 44.9 Å². The first-order valence-electron chi connectivity index (χ1n) is 9.29. The van der Waals surface area contributed by atoms with Crippen molar-refractivity contribution in [3.05, 3.63) is 88.8 Å². The molecule has 0 fully saturated rings. The first-order valence-corrected chi connectivity index (χ1v) is 10.2. The largest absolute Gasteiger partial charge is 0.507 e. The number of para-hydroxylation sites is 1. The smallest absolute Gasteiger partial charge is 0.260 e. The van der Waals surface area contributed by atoms with Gasteiger partial charge in [-0.3, -0.25) is 9.78 Å². The van der Waals surface area contributed by atoms with Crippen LogP contribution in [0.4, 0.5) is 0 Å². The number of nitrogens with one attached hydrogen (secondary N) is 1. The summed E-state index contributed by atoms with van der Waals surface area (Å²) in [6.45, 7) is 0. The quantitative estimate of drug-likeness (QED) is 0.370. The molecule has 5 nitrogen and oxygen atoms in total. The van der Waals surface area contributed by atoms with E-state index in [0.717, 1.165) is 5.56 Å². The summed E-state index contributed by atoms with van der Waals surface area (Å²) in [6.07, 6.45) is 3.34. The molecule has 146 valence electrons. The van der Waals surface area contributed by atoms with E-state index < -0.39 is 0 Å². The van der Waals surface area contributed by atoms with Gasteiger partial charge in [-0.05, 0) is 23.3 Å². The Hall–Kier alpha value is -3.90. The van der Waals surface area contributed by atoms with Gasteiger partial charge in [0.2, 0.25) is 0 Å². The molecule has 3 N–H and O–H groups in total. The molecule has 0 aliphatic carbocycles. The van der Waals surface area contributed by atoms with Crippen LogP contribution in [-0.4, -0.2) is 20.2 Å². The van der Waals surface area contributed by atoms with E-state index >= 15 is 0 Å². The number of aromatic amines is 1. The van der Waals surface area contributed by atoms with Gasteiger partial charge in [0.1, 0.15) is 16.3 Å². The maximum atomic E-state index is 12.6. The highest BCUT2D eigenvalue weighted by Gasteiger charge is 2.21. The first-order chi connectivity index (χ1) is 14.6. The molecule has 0 atom stereocenters. The lowest BCUT2D eigenvalue weighted by Crippen LogP contribution is -2.08. The molecular weight excluding hydrogens is 396 g/mol. The number of nitrogens with zero attached hydrogens (tertiary/aromatic N) is 1. The van der Waals surface area contributed by atoms with Crippen molar-refractivity contribution in [2.45, 2.75) is 0 Å². The summed E-state index contributed by atoms with van der Waals surface area (Å²) in [5.74, 6) is 0.0141. The lowest BCUT2D eigenvalue weighted by atomic mass is 9.96. The zero-order valence-corrected chi connectivity index (χ0v) is 16.5. The average molecular weight is 412 g/mol. The number of H-pyrrole nitrogens is 1. The summed E-state index contributed by atoms with van der Waals surface area (Å²) >= 11 is 1.31. The highest BCUT2D eigenvalue weighted by atomic mass is 32.1. The van der Waals surface area contributed by atoms with E-state index in [0.29, 0.717) is 32.5 Å². The van der Waals surface area contributed by atoms with Gasteiger partial charge in [0, 0.05) is 34.5 Å². The monoisotopic (exact) mass is 412 g/mol. The number of rotatable bonds is 3. The maximum absolute atomic E-state index is 12.6. The number of fused-ring (bicyclic) bond motifs is 1. The van der Waals surface area contributed by atoms with Gasteiger partial charge >= 0.3 is 0 Å². The summed E-state index contributed by atoms with van der Waals surface area (Å²) in [4.78, 5) is 20.1. The molecular formula is C24H16N2O3S. The maximum Gasteiger partial charge on any atom is 0.260 e. The molecule has 2 aromatic carbocycles. The highest BCUT2D eigenvalue weighted by molar-refractivity contribution is 7.17. The summed E-state index contributed by atoms with van der Waals surface area (Å²) < 4.78 is 0. The number of benzene rings is 2. The molecule has 5 aromatic rings. The number of hydrogen-bond acceptors (Lipinski definition) is 5. The van der Waals surface area contributed by atoms with Crippen LogP contribution in [0.5, 0.6) is 11.5 Å². The number of phenolic OH excluding ortho intramolecular Hbond substituents is 1. The number of phenols is 1. The normalized spacial score (nSPS) is 11.1. The van der Waals surface area contributed by atoms with Gasteiger partial charge < -0.3 is 15.2 Å². The van der Waals surface area contributed by atoms with Gasteiger partial charge in [-0.2, -0.15) is 0 Å². The van der Waals surface area contributed by atoms with Crippen molar-refractivity contribution in [2.75, 3.05) is 0 Å². The molecule has 0 bridgehead atoms. The summed E-state index contributed by atoms with van der Waals surface area (Å²) in [7, 11) is 0.